The minimum Gasteiger partial charge on any atom is -0.598 e. The lowest BCUT2D eigenvalue weighted by atomic mass is 10.0. The number of nitriles is 1. The van der Waals surface area contributed by atoms with Gasteiger partial charge in [0.25, 0.3) is 0 Å². The molecule has 2 atom stereocenters. The zero-order chi connectivity index (χ0) is 20.4. The molecule has 0 amide bonds. The summed E-state index contributed by atoms with van der Waals surface area (Å²) >= 11 is 4.07. The molecule has 1 heterocycles. The van der Waals surface area contributed by atoms with E-state index in [-0.39, 0.29) is 5.69 Å². The maximum atomic E-state index is 13.2. The molecule has 0 fully saturated rings. The smallest absolute Gasteiger partial charge is 0.434 e. The molecular formula is C18H17ClF3N3OS. The molecule has 0 spiro atoms. The second-order valence-electron chi connectivity index (χ2n) is 6.73. The van der Waals surface area contributed by atoms with Crippen LogP contribution < -0.4 is 4.72 Å². The van der Waals surface area contributed by atoms with Crippen LogP contribution in [0.2, 0.25) is 5.02 Å². The number of hydrogen-bond acceptors (Lipinski definition) is 4. The van der Waals surface area contributed by atoms with Crippen LogP contribution in [-0.4, -0.2) is 14.3 Å². The minimum atomic E-state index is -4.72. The van der Waals surface area contributed by atoms with Crippen molar-refractivity contribution < 1.29 is 17.7 Å². The van der Waals surface area contributed by atoms with Crippen LogP contribution in [0.5, 0.6) is 0 Å². The molecule has 0 saturated heterocycles. The molecule has 1 aromatic heterocycles. The first-order valence-electron chi connectivity index (χ1n) is 7.85. The van der Waals surface area contributed by atoms with Gasteiger partial charge in [-0.05, 0) is 50.6 Å². The fraction of sp³-hybridized carbons (Fsp3) is 0.333. The summed E-state index contributed by atoms with van der Waals surface area (Å²) < 4.78 is 54.3. The van der Waals surface area contributed by atoms with Crippen LogP contribution >= 0.6 is 11.6 Å². The van der Waals surface area contributed by atoms with Crippen molar-refractivity contribution >= 4 is 23.0 Å². The van der Waals surface area contributed by atoms with Gasteiger partial charge in [-0.3, -0.25) is 0 Å². The summed E-state index contributed by atoms with van der Waals surface area (Å²) in [6.07, 6.45) is -4.72. The number of aromatic nitrogens is 1. The maximum Gasteiger partial charge on any atom is 0.434 e. The normalized spacial score (nSPS) is 14.5. The van der Waals surface area contributed by atoms with Crippen molar-refractivity contribution in [3.8, 4) is 6.07 Å². The number of pyridine rings is 1. The van der Waals surface area contributed by atoms with Gasteiger partial charge in [-0.15, -0.1) is 4.72 Å². The number of halogens is 4. The summed E-state index contributed by atoms with van der Waals surface area (Å²) in [6, 6.07) is 9.79. The molecule has 4 nitrogen and oxygen atoms in total. The van der Waals surface area contributed by atoms with Crippen LogP contribution in [-0.2, 0) is 17.5 Å². The third-order valence-electron chi connectivity index (χ3n) is 3.59. The number of nitrogens with one attached hydrogen (secondary N) is 1. The molecule has 9 heteroatoms. The zero-order valence-electron chi connectivity index (χ0n) is 14.8. The van der Waals surface area contributed by atoms with Gasteiger partial charge in [0, 0.05) is 11.4 Å². The molecule has 144 valence electrons. The summed E-state index contributed by atoms with van der Waals surface area (Å²) in [5.41, 5.74) is -0.262. The van der Waals surface area contributed by atoms with Crippen LogP contribution in [0.15, 0.2) is 36.4 Å². The Morgan fingerprint density at radius 1 is 1.15 bits per heavy atom. The van der Waals surface area contributed by atoms with Crippen LogP contribution in [0, 0.1) is 11.3 Å². The van der Waals surface area contributed by atoms with E-state index in [9.17, 15) is 17.7 Å². The Labute approximate surface area is 163 Å². The quantitative estimate of drug-likeness (QED) is 0.730. The minimum absolute atomic E-state index is 0.0223. The molecule has 0 aliphatic heterocycles. The Morgan fingerprint density at radius 3 is 2.22 bits per heavy atom. The van der Waals surface area contributed by atoms with Gasteiger partial charge in [-0.2, -0.15) is 18.4 Å². The molecular weight excluding hydrogens is 399 g/mol. The van der Waals surface area contributed by atoms with Gasteiger partial charge in [0.15, 0.2) is 5.69 Å². The van der Waals surface area contributed by atoms with Crippen LogP contribution in [0.25, 0.3) is 0 Å². The van der Waals surface area contributed by atoms with E-state index in [0.717, 1.165) is 6.07 Å². The van der Waals surface area contributed by atoms with Gasteiger partial charge in [-0.1, -0.05) is 23.7 Å². The Bertz CT molecular complexity index is 845. The first-order valence-corrected chi connectivity index (χ1v) is 9.38. The largest absolute Gasteiger partial charge is 0.598 e. The lowest BCUT2D eigenvalue weighted by Crippen LogP contribution is -2.41. The third kappa shape index (κ3) is 5.36. The Hall–Kier alpha value is -1.79. The highest BCUT2D eigenvalue weighted by Gasteiger charge is 2.37. The molecule has 0 bridgehead atoms. The third-order valence-corrected chi connectivity index (χ3v) is 5.45. The van der Waals surface area contributed by atoms with E-state index in [4.69, 9.17) is 16.9 Å². The van der Waals surface area contributed by atoms with Gasteiger partial charge < -0.3 is 4.55 Å². The first kappa shape index (κ1) is 21.5. The molecule has 0 aliphatic carbocycles. The van der Waals surface area contributed by atoms with Crippen molar-refractivity contribution in [1.29, 1.82) is 5.26 Å². The average Bonchev–Trinajstić information content (AvgIpc) is 2.58. The monoisotopic (exact) mass is 415 g/mol. The van der Waals surface area contributed by atoms with Gasteiger partial charge in [0.2, 0.25) is 0 Å². The summed E-state index contributed by atoms with van der Waals surface area (Å²) in [5.74, 6) is 0. The molecule has 2 rings (SSSR count). The predicted molar refractivity (Wildman–Crippen MR) is 98.3 cm³/mol. The molecule has 0 unspecified atom stereocenters. The predicted octanol–water partition coefficient (Wildman–Crippen LogP) is 4.77. The Morgan fingerprint density at radius 2 is 1.74 bits per heavy atom. The molecule has 0 aliphatic rings. The molecule has 1 N–H and O–H groups in total. The Balaban J connectivity index is 2.53. The summed E-state index contributed by atoms with van der Waals surface area (Å²) in [5, 5.41) is 8.41. The van der Waals surface area contributed by atoms with Gasteiger partial charge >= 0.3 is 6.18 Å². The number of nitrogens with zero attached hydrogens (tertiary/aromatic N) is 2. The topological polar surface area (TPSA) is 71.8 Å². The van der Waals surface area contributed by atoms with E-state index >= 15 is 0 Å². The second kappa shape index (κ2) is 8.07. The number of hydrogen-bond donors (Lipinski definition) is 1. The standard InChI is InChI=1S/C18H17ClF3N3OS/c1-17(2,3)27(26)25-15(12-6-4-11(10-23)5-7-12)14-9-8-13(19)16(24-14)18(20,21)22/h4-9,15,25H,1-3H3/t15-,27-/m1/s1. The van der Waals surface area contributed by atoms with E-state index in [1.807, 2.05) is 6.07 Å². The highest BCUT2D eigenvalue weighted by molar-refractivity contribution is 7.90. The lowest BCUT2D eigenvalue weighted by molar-refractivity contribution is -0.141. The number of alkyl halides is 3. The van der Waals surface area contributed by atoms with Crippen LogP contribution in [0.3, 0.4) is 0 Å². The maximum absolute atomic E-state index is 13.2. The van der Waals surface area contributed by atoms with Crippen LogP contribution in [0.4, 0.5) is 13.2 Å². The first-order chi connectivity index (χ1) is 12.4. The van der Waals surface area contributed by atoms with E-state index in [2.05, 4.69) is 9.71 Å². The molecule has 2 aromatic rings. The summed E-state index contributed by atoms with van der Waals surface area (Å²) in [4.78, 5) is 3.68. The van der Waals surface area contributed by atoms with E-state index in [1.54, 1.807) is 32.9 Å². The number of benzene rings is 1. The van der Waals surface area contributed by atoms with E-state index in [0.29, 0.717) is 11.1 Å². The SMILES string of the molecule is CC(C)(C)[S@@+]([O-])N[C@H](c1ccc(C#N)cc1)c1ccc(Cl)c(C(F)(F)F)n1. The van der Waals surface area contributed by atoms with Crippen molar-refractivity contribution in [1.82, 2.24) is 9.71 Å². The fourth-order valence-electron chi connectivity index (χ4n) is 2.15. The highest BCUT2D eigenvalue weighted by atomic mass is 35.5. The van der Waals surface area contributed by atoms with Gasteiger partial charge in [-0.25, -0.2) is 4.98 Å². The summed E-state index contributed by atoms with van der Waals surface area (Å²) in [6.45, 7) is 5.22. The lowest BCUT2D eigenvalue weighted by Gasteiger charge is -2.28. The Kier molecular flexibility index (Phi) is 6.43. The van der Waals surface area contributed by atoms with Gasteiger partial charge in [0.05, 0.1) is 22.3 Å². The zero-order valence-corrected chi connectivity index (χ0v) is 16.3. The van der Waals surface area contributed by atoms with Crippen molar-refractivity contribution in [3.05, 3.63) is 63.9 Å². The molecule has 27 heavy (non-hydrogen) atoms. The van der Waals surface area contributed by atoms with Crippen LogP contribution in [0.1, 0.15) is 49.3 Å². The second-order valence-corrected chi connectivity index (χ2v) is 9.14. The van der Waals surface area contributed by atoms with Gasteiger partial charge in [0.1, 0.15) is 10.8 Å². The molecule has 0 saturated carbocycles. The van der Waals surface area contributed by atoms with E-state index in [1.165, 1.54) is 18.2 Å². The molecule has 1 aromatic carbocycles. The van der Waals surface area contributed by atoms with Crippen molar-refractivity contribution in [3.63, 3.8) is 0 Å². The molecule has 0 radical (unpaired) electrons. The van der Waals surface area contributed by atoms with Crippen molar-refractivity contribution in [2.45, 2.75) is 37.7 Å². The summed E-state index contributed by atoms with van der Waals surface area (Å²) in [7, 11) is 0. The van der Waals surface area contributed by atoms with Crippen molar-refractivity contribution in [2.24, 2.45) is 0 Å². The number of rotatable bonds is 4. The van der Waals surface area contributed by atoms with E-state index < -0.39 is 39.0 Å². The average molecular weight is 416 g/mol. The fourth-order valence-corrected chi connectivity index (χ4v) is 3.19. The van der Waals surface area contributed by atoms with Crippen molar-refractivity contribution in [2.75, 3.05) is 0 Å². The highest BCUT2D eigenvalue weighted by Crippen LogP contribution is 2.35.